The first-order valence-corrected chi connectivity index (χ1v) is 11.2. The molecule has 0 unspecified atom stereocenters. The number of aromatic nitrogens is 1. The zero-order valence-corrected chi connectivity index (χ0v) is 18.7. The number of ketones is 1. The Hall–Kier alpha value is -3.29. The van der Waals surface area contributed by atoms with Gasteiger partial charge in [0.2, 0.25) is 11.4 Å². The van der Waals surface area contributed by atoms with Crippen molar-refractivity contribution in [3.63, 3.8) is 0 Å². The molecule has 0 amide bonds. The van der Waals surface area contributed by atoms with Crippen LogP contribution in [0.2, 0.25) is 0 Å². The van der Waals surface area contributed by atoms with Crippen LogP contribution in [0.25, 0.3) is 10.9 Å². The third-order valence-corrected chi connectivity index (χ3v) is 7.19. The number of rotatable bonds is 6. The van der Waals surface area contributed by atoms with E-state index >= 15 is 0 Å². The van der Waals surface area contributed by atoms with Crippen LogP contribution in [0.15, 0.2) is 54.6 Å². The maximum atomic E-state index is 13.9. The summed E-state index contributed by atoms with van der Waals surface area (Å²) in [6, 6.07) is 16.7. The van der Waals surface area contributed by atoms with E-state index in [0.29, 0.717) is 35.7 Å². The molecule has 170 valence electrons. The normalized spacial score (nSPS) is 24.1. The highest BCUT2D eigenvalue weighted by Gasteiger charge is 2.61. The number of carbonyl (C=O) groups is 3. The molecule has 2 heterocycles. The molecular formula is C26H26N2O5. The number of Topliss-reactive ketones (excluding diaryl/α,β-unsaturated/α-hetero) is 1. The molecule has 0 fully saturated rings. The zero-order valence-electron chi connectivity index (χ0n) is 18.7. The van der Waals surface area contributed by atoms with Gasteiger partial charge in [0.15, 0.2) is 5.78 Å². The van der Waals surface area contributed by atoms with E-state index in [4.69, 9.17) is 9.57 Å². The number of nitrogens with one attached hydrogen (secondary N) is 1. The highest BCUT2D eigenvalue weighted by molar-refractivity contribution is 6.15. The number of fused-ring (bicyclic) bond motifs is 3. The van der Waals surface area contributed by atoms with Crippen LogP contribution < -0.4 is 5.48 Å². The Morgan fingerprint density at radius 3 is 2.55 bits per heavy atom. The third kappa shape index (κ3) is 2.99. The van der Waals surface area contributed by atoms with Crippen molar-refractivity contribution in [1.82, 2.24) is 10.0 Å². The van der Waals surface area contributed by atoms with Crippen LogP contribution in [0.4, 0.5) is 0 Å². The maximum absolute atomic E-state index is 13.9. The average molecular weight is 447 g/mol. The summed E-state index contributed by atoms with van der Waals surface area (Å²) in [5, 5.41) is 0.676. The SMILES string of the molecule is CC[C@]12CCC(=O)n3c1c(c1ccccc13)[C@@](NOC)(C(=O)OCc1ccccc1)C(=O)C2. The summed E-state index contributed by atoms with van der Waals surface area (Å²) in [5.41, 5.74) is 3.05. The summed E-state index contributed by atoms with van der Waals surface area (Å²) < 4.78 is 7.40. The van der Waals surface area contributed by atoms with Gasteiger partial charge < -0.3 is 9.57 Å². The van der Waals surface area contributed by atoms with Crippen LogP contribution in [0.1, 0.15) is 54.2 Å². The van der Waals surface area contributed by atoms with Crippen LogP contribution in [0, 0.1) is 0 Å². The summed E-state index contributed by atoms with van der Waals surface area (Å²) in [7, 11) is 1.37. The van der Waals surface area contributed by atoms with Gasteiger partial charge >= 0.3 is 5.97 Å². The highest BCUT2D eigenvalue weighted by Crippen LogP contribution is 2.53. The lowest BCUT2D eigenvalue weighted by Crippen LogP contribution is -2.61. The van der Waals surface area contributed by atoms with E-state index in [9.17, 15) is 14.4 Å². The molecule has 1 aliphatic heterocycles. The fourth-order valence-electron chi connectivity index (χ4n) is 5.53. The molecule has 33 heavy (non-hydrogen) atoms. The Labute approximate surface area is 191 Å². The lowest BCUT2D eigenvalue weighted by atomic mass is 9.61. The first-order valence-electron chi connectivity index (χ1n) is 11.2. The molecule has 5 rings (SSSR count). The lowest BCUT2D eigenvalue weighted by Gasteiger charge is -2.46. The lowest BCUT2D eigenvalue weighted by molar-refractivity contribution is -0.166. The Morgan fingerprint density at radius 2 is 1.82 bits per heavy atom. The van der Waals surface area contributed by atoms with Crippen molar-refractivity contribution in [3.8, 4) is 0 Å². The summed E-state index contributed by atoms with van der Waals surface area (Å²) >= 11 is 0. The number of hydrogen-bond donors (Lipinski definition) is 1. The molecule has 2 atom stereocenters. The van der Waals surface area contributed by atoms with Crippen molar-refractivity contribution in [3.05, 3.63) is 71.4 Å². The van der Waals surface area contributed by atoms with E-state index in [0.717, 1.165) is 11.3 Å². The van der Waals surface area contributed by atoms with Crippen molar-refractivity contribution in [2.75, 3.05) is 7.11 Å². The predicted molar refractivity (Wildman–Crippen MR) is 121 cm³/mol. The number of hydrogen-bond acceptors (Lipinski definition) is 6. The van der Waals surface area contributed by atoms with Crippen LogP contribution in [0.3, 0.4) is 0 Å². The second-order valence-electron chi connectivity index (χ2n) is 8.82. The average Bonchev–Trinajstić information content (AvgIpc) is 3.20. The van der Waals surface area contributed by atoms with Crippen molar-refractivity contribution in [1.29, 1.82) is 0 Å². The number of ether oxygens (including phenoxy) is 1. The summed E-state index contributed by atoms with van der Waals surface area (Å²) in [4.78, 5) is 45.9. The van der Waals surface area contributed by atoms with E-state index in [1.165, 1.54) is 7.11 Å². The minimum atomic E-state index is -1.86. The van der Waals surface area contributed by atoms with Crippen molar-refractivity contribution in [2.24, 2.45) is 0 Å². The number of esters is 1. The fraction of sp³-hybridized carbons (Fsp3) is 0.346. The first-order chi connectivity index (χ1) is 16.0. The summed E-state index contributed by atoms with van der Waals surface area (Å²) in [6.07, 6.45) is 1.73. The Morgan fingerprint density at radius 1 is 1.09 bits per heavy atom. The van der Waals surface area contributed by atoms with E-state index in [1.807, 2.05) is 61.5 Å². The minimum Gasteiger partial charge on any atom is -0.459 e. The second kappa shape index (κ2) is 7.93. The van der Waals surface area contributed by atoms with Gasteiger partial charge in [-0.15, -0.1) is 0 Å². The van der Waals surface area contributed by atoms with Gasteiger partial charge in [0, 0.05) is 34.9 Å². The number of hydroxylamine groups is 1. The molecule has 7 nitrogen and oxygen atoms in total. The molecular weight excluding hydrogens is 420 g/mol. The van der Waals surface area contributed by atoms with Gasteiger partial charge in [0.25, 0.3) is 0 Å². The van der Waals surface area contributed by atoms with Gasteiger partial charge in [-0.1, -0.05) is 55.5 Å². The van der Waals surface area contributed by atoms with E-state index < -0.39 is 16.9 Å². The van der Waals surface area contributed by atoms with Crippen LogP contribution in [0.5, 0.6) is 0 Å². The minimum absolute atomic E-state index is 0.0198. The number of benzene rings is 2. The number of para-hydroxylation sites is 1. The van der Waals surface area contributed by atoms with E-state index in [2.05, 4.69) is 5.48 Å². The summed E-state index contributed by atoms with van der Waals surface area (Å²) in [6.45, 7) is 2.05. The molecule has 3 aromatic rings. The molecule has 0 saturated heterocycles. The molecule has 2 aliphatic rings. The standard InChI is InChI=1S/C26H26N2O5/c1-3-25-14-13-21(30)28-19-12-8-7-11-18(19)22(23(25)28)26(27-32-2,20(29)15-25)24(31)33-16-17-9-5-4-6-10-17/h4-12,27H,3,13-16H2,1-2H3/t25-,26-/m1/s1. The maximum Gasteiger partial charge on any atom is 0.341 e. The van der Waals surface area contributed by atoms with Gasteiger partial charge in [-0.25, -0.2) is 4.79 Å². The van der Waals surface area contributed by atoms with E-state index in [1.54, 1.807) is 4.57 Å². The zero-order chi connectivity index (χ0) is 23.2. The van der Waals surface area contributed by atoms with Crippen molar-refractivity contribution in [2.45, 2.75) is 50.2 Å². The molecule has 1 N–H and O–H groups in total. The van der Waals surface area contributed by atoms with Gasteiger partial charge in [0.1, 0.15) is 6.61 Å². The van der Waals surface area contributed by atoms with Gasteiger partial charge in [-0.2, -0.15) is 5.48 Å². The highest BCUT2D eigenvalue weighted by atomic mass is 16.6. The molecule has 1 aromatic heterocycles. The molecule has 0 radical (unpaired) electrons. The third-order valence-electron chi connectivity index (χ3n) is 7.19. The van der Waals surface area contributed by atoms with Crippen molar-refractivity contribution < 1.29 is 24.0 Å². The quantitative estimate of drug-likeness (QED) is 0.352. The monoisotopic (exact) mass is 446 g/mol. The predicted octanol–water partition coefficient (Wildman–Crippen LogP) is 3.79. The Kier molecular flexibility index (Phi) is 5.18. The first kappa shape index (κ1) is 21.6. The molecule has 2 aromatic carbocycles. The number of carbonyl (C=O) groups excluding carboxylic acids is 3. The molecule has 1 aliphatic carbocycles. The van der Waals surface area contributed by atoms with Crippen LogP contribution in [-0.2, 0) is 36.7 Å². The van der Waals surface area contributed by atoms with E-state index in [-0.39, 0.29) is 24.7 Å². The van der Waals surface area contributed by atoms with Crippen LogP contribution in [-0.4, -0.2) is 29.3 Å². The smallest absolute Gasteiger partial charge is 0.341 e. The topological polar surface area (TPSA) is 86.6 Å². The van der Waals surface area contributed by atoms with Gasteiger partial charge in [0.05, 0.1) is 12.6 Å². The molecule has 7 heteroatoms. The summed E-state index contributed by atoms with van der Waals surface area (Å²) in [5.74, 6) is -1.08. The largest absolute Gasteiger partial charge is 0.459 e. The number of nitrogens with zero attached hydrogens (tertiary/aromatic N) is 1. The Bertz CT molecular complexity index is 1260. The molecule has 0 saturated carbocycles. The fourth-order valence-corrected chi connectivity index (χ4v) is 5.53. The van der Waals surface area contributed by atoms with Gasteiger partial charge in [-0.3, -0.25) is 14.2 Å². The molecule has 0 spiro atoms. The van der Waals surface area contributed by atoms with Crippen molar-refractivity contribution >= 4 is 28.6 Å². The van der Waals surface area contributed by atoms with Crippen LogP contribution >= 0.6 is 0 Å². The molecule has 0 bridgehead atoms. The second-order valence-corrected chi connectivity index (χ2v) is 8.82. The van der Waals surface area contributed by atoms with Gasteiger partial charge in [-0.05, 0) is 24.5 Å². The Balaban J connectivity index is 1.75.